The highest BCUT2D eigenvalue weighted by Crippen LogP contribution is 2.41. The molecule has 1 N–H and O–H groups in total. The van der Waals surface area contributed by atoms with E-state index >= 15 is 0 Å². The van der Waals surface area contributed by atoms with Gasteiger partial charge in [0.15, 0.2) is 6.10 Å². The molecule has 3 heteroatoms. The highest BCUT2D eigenvalue weighted by atomic mass is 16.6. The molecule has 3 rings (SSSR count). The third kappa shape index (κ3) is 0.949. The Hall–Kier alpha value is -1.79. The van der Waals surface area contributed by atoms with Crippen LogP contribution in [0.1, 0.15) is 11.7 Å². The minimum absolute atomic E-state index is 0.0313. The Labute approximate surface area is 80.9 Å². The number of H-pyrrole nitrogens is 1. The molecule has 2 atom stereocenters. The van der Waals surface area contributed by atoms with Gasteiger partial charge in [0.05, 0.1) is 6.07 Å². The fourth-order valence-corrected chi connectivity index (χ4v) is 1.78. The number of ether oxygens (including phenoxy) is 1. The average Bonchev–Trinajstić information content (AvgIpc) is 2.90. The molecule has 1 aliphatic heterocycles. The summed E-state index contributed by atoms with van der Waals surface area (Å²) in [4.78, 5) is 3.16. The Morgan fingerprint density at radius 3 is 3.00 bits per heavy atom. The zero-order valence-electron chi connectivity index (χ0n) is 7.40. The first-order valence-electron chi connectivity index (χ1n) is 4.51. The van der Waals surface area contributed by atoms with Gasteiger partial charge in [-0.05, 0) is 6.07 Å². The summed E-state index contributed by atoms with van der Waals surface area (Å²) in [5.41, 5.74) is 2.18. The zero-order valence-corrected chi connectivity index (χ0v) is 7.40. The molecule has 0 bridgehead atoms. The number of hydrogen-bond acceptors (Lipinski definition) is 2. The number of aromatic amines is 1. The summed E-state index contributed by atoms with van der Waals surface area (Å²) in [6, 6.07) is 10.1. The summed E-state index contributed by atoms with van der Waals surface area (Å²) in [5.74, 6) is 0. The van der Waals surface area contributed by atoms with Crippen LogP contribution in [-0.2, 0) is 4.74 Å². The van der Waals surface area contributed by atoms with Crippen molar-refractivity contribution < 1.29 is 4.74 Å². The number of benzene rings is 1. The van der Waals surface area contributed by atoms with Crippen LogP contribution in [0, 0.1) is 11.3 Å². The van der Waals surface area contributed by atoms with Crippen molar-refractivity contribution in [1.82, 2.24) is 4.98 Å². The van der Waals surface area contributed by atoms with Crippen LogP contribution < -0.4 is 0 Å². The molecule has 14 heavy (non-hydrogen) atoms. The predicted molar refractivity (Wildman–Crippen MR) is 51.5 cm³/mol. The molecule has 2 aromatic rings. The monoisotopic (exact) mass is 184 g/mol. The quantitative estimate of drug-likeness (QED) is 0.690. The van der Waals surface area contributed by atoms with Crippen molar-refractivity contribution in [2.45, 2.75) is 12.2 Å². The van der Waals surface area contributed by atoms with Crippen molar-refractivity contribution in [3.8, 4) is 6.07 Å². The van der Waals surface area contributed by atoms with Gasteiger partial charge >= 0.3 is 0 Å². The van der Waals surface area contributed by atoms with Gasteiger partial charge in [0, 0.05) is 22.7 Å². The van der Waals surface area contributed by atoms with E-state index in [4.69, 9.17) is 10.00 Å². The van der Waals surface area contributed by atoms with Crippen LogP contribution in [0.4, 0.5) is 0 Å². The Balaban J connectivity index is 2.11. The summed E-state index contributed by atoms with van der Waals surface area (Å²) >= 11 is 0. The Bertz CT molecular complexity index is 523. The number of fused-ring (bicyclic) bond motifs is 1. The molecule has 2 heterocycles. The van der Waals surface area contributed by atoms with Crippen LogP contribution in [0.15, 0.2) is 30.5 Å². The van der Waals surface area contributed by atoms with Crippen molar-refractivity contribution in [1.29, 1.82) is 5.26 Å². The fourth-order valence-electron chi connectivity index (χ4n) is 1.78. The van der Waals surface area contributed by atoms with Gasteiger partial charge in [0.2, 0.25) is 0 Å². The van der Waals surface area contributed by atoms with Gasteiger partial charge in [0.25, 0.3) is 0 Å². The molecule has 1 saturated heterocycles. The van der Waals surface area contributed by atoms with Crippen molar-refractivity contribution in [2.24, 2.45) is 0 Å². The molecule has 68 valence electrons. The number of rotatable bonds is 1. The van der Waals surface area contributed by atoms with Gasteiger partial charge in [-0.2, -0.15) is 5.26 Å². The van der Waals surface area contributed by atoms with Gasteiger partial charge in [-0.3, -0.25) is 0 Å². The molecule has 0 amide bonds. The summed E-state index contributed by atoms with van der Waals surface area (Å²) in [5, 5.41) is 9.81. The number of nitrogens with zero attached hydrogens (tertiary/aromatic N) is 1. The Morgan fingerprint density at radius 2 is 2.21 bits per heavy atom. The smallest absolute Gasteiger partial charge is 0.175 e. The summed E-state index contributed by atoms with van der Waals surface area (Å²) in [6.07, 6.45) is 1.64. The van der Waals surface area contributed by atoms with E-state index in [0.29, 0.717) is 0 Å². The number of aromatic nitrogens is 1. The van der Waals surface area contributed by atoms with Crippen molar-refractivity contribution in [2.75, 3.05) is 0 Å². The molecule has 1 aromatic heterocycles. The topological polar surface area (TPSA) is 52.1 Å². The molecular formula is C11H8N2O. The lowest BCUT2D eigenvalue weighted by Gasteiger charge is -1.90. The molecule has 1 fully saturated rings. The average molecular weight is 184 g/mol. The second-order valence-corrected chi connectivity index (χ2v) is 3.40. The third-order valence-corrected chi connectivity index (χ3v) is 2.55. The summed E-state index contributed by atoms with van der Waals surface area (Å²) < 4.78 is 5.24. The van der Waals surface area contributed by atoms with E-state index in [2.05, 4.69) is 11.1 Å². The first kappa shape index (κ1) is 7.60. The highest BCUT2D eigenvalue weighted by molar-refractivity contribution is 5.83. The first-order chi connectivity index (χ1) is 6.90. The van der Waals surface area contributed by atoms with E-state index in [1.54, 1.807) is 0 Å². The molecule has 0 spiro atoms. The van der Waals surface area contributed by atoms with E-state index in [1.807, 2.05) is 30.5 Å². The second kappa shape index (κ2) is 2.60. The van der Waals surface area contributed by atoms with Crippen LogP contribution >= 0.6 is 0 Å². The lowest BCUT2D eigenvalue weighted by molar-refractivity contribution is 0.397. The van der Waals surface area contributed by atoms with E-state index in [-0.39, 0.29) is 12.2 Å². The number of hydrogen-bond donors (Lipinski definition) is 1. The van der Waals surface area contributed by atoms with Gasteiger partial charge < -0.3 is 9.72 Å². The molecule has 2 unspecified atom stereocenters. The van der Waals surface area contributed by atoms with Gasteiger partial charge in [-0.15, -0.1) is 0 Å². The van der Waals surface area contributed by atoms with Gasteiger partial charge in [-0.25, -0.2) is 0 Å². The molecule has 3 nitrogen and oxygen atoms in total. The molecule has 1 aromatic carbocycles. The Kier molecular flexibility index (Phi) is 1.41. The maximum Gasteiger partial charge on any atom is 0.175 e. The third-order valence-electron chi connectivity index (χ3n) is 2.55. The van der Waals surface area contributed by atoms with Crippen LogP contribution in [0.3, 0.4) is 0 Å². The summed E-state index contributed by atoms with van der Waals surface area (Å²) in [6.45, 7) is 0. The lowest BCUT2D eigenvalue weighted by Crippen LogP contribution is -1.81. The highest BCUT2D eigenvalue weighted by Gasteiger charge is 2.41. The lowest BCUT2D eigenvalue weighted by atomic mass is 10.1. The minimum Gasteiger partial charge on any atom is -0.361 e. The van der Waals surface area contributed by atoms with Gasteiger partial charge in [0.1, 0.15) is 6.10 Å². The zero-order chi connectivity index (χ0) is 9.54. The largest absolute Gasteiger partial charge is 0.361 e. The van der Waals surface area contributed by atoms with Crippen molar-refractivity contribution >= 4 is 10.9 Å². The van der Waals surface area contributed by atoms with E-state index < -0.39 is 0 Å². The Morgan fingerprint density at radius 1 is 1.36 bits per heavy atom. The maximum absolute atomic E-state index is 8.66. The fraction of sp³-hybridized carbons (Fsp3) is 0.182. The van der Waals surface area contributed by atoms with Crippen LogP contribution in [0.2, 0.25) is 0 Å². The molecule has 0 saturated carbocycles. The number of nitriles is 1. The number of epoxide rings is 1. The van der Waals surface area contributed by atoms with E-state index in [9.17, 15) is 0 Å². The van der Waals surface area contributed by atoms with Gasteiger partial charge in [-0.1, -0.05) is 18.2 Å². The van der Waals surface area contributed by atoms with Crippen LogP contribution in [0.5, 0.6) is 0 Å². The van der Waals surface area contributed by atoms with Crippen LogP contribution in [0.25, 0.3) is 10.9 Å². The molecule has 0 radical (unpaired) electrons. The first-order valence-corrected chi connectivity index (χ1v) is 4.51. The van der Waals surface area contributed by atoms with E-state index in [1.165, 1.54) is 0 Å². The second-order valence-electron chi connectivity index (χ2n) is 3.40. The summed E-state index contributed by atoms with van der Waals surface area (Å²) in [7, 11) is 0. The number of nitrogens with one attached hydrogen (secondary N) is 1. The van der Waals surface area contributed by atoms with Crippen molar-refractivity contribution in [3.05, 3.63) is 36.0 Å². The molecule has 0 aliphatic carbocycles. The van der Waals surface area contributed by atoms with E-state index in [0.717, 1.165) is 16.5 Å². The standard InChI is InChI=1S/C11H8N2O/c12-5-10-11(14-10)8-6-13-9-4-2-1-3-7(8)9/h1-4,6,10-11,13H. The maximum atomic E-state index is 8.66. The molecular weight excluding hydrogens is 176 g/mol. The number of para-hydroxylation sites is 1. The SMILES string of the molecule is N#CC1OC1c1c[nH]c2ccccc12. The predicted octanol–water partition coefficient (Wildman–Crippen LogP) is 2.13. The normalized spacial score (nSPS) is 24.8. The minimum atomic E-state index is -0.255. The van der Waals surface area contributed by atoms with Crippen molar-refractivity contribution in [3.63, 3.8) is 0 Å². The van der Waals surface area contributed by atoms with Crippen LogP contribution in [-0.4, -0.2) is 11.1 Å². The molecule has 1 aliphatic rings.